The molecule has 1 fully saturated rings. The van der Waals surface area contributed by atoms with Crippen LogP contribution in [-0.4, -0.2) is 23.5 Å². The maximum atomic E-state index is 12.2. The summed E-state index contributed by atoms with van der Waals surface area (Å²) in [5.41, 5.74) is 0.297. The average molecular weight is 282 g/mol. The fraction of sp³-hybridized carbons (Fsp3) is 0.571. The summed E-state index contributed by atoms with van der Waals surface area (Å²) in [6, 6.07) is 3.66. The smallest absolute Gasteiger partial charge is 0.271 e. The lowest BCUT2D eigenvalue weighted by molar-refractivity contribution is 0.0904. The number of carbonyl (C=O) groups is 1. The average Bonchev–Trinajstić information content (AvgIpc) is 2.29. The van der Waals surface area contributed by atoms with Crippen molar-refractivity contribution in [3.63, 3.8) is 0 Å². The Labute approximate surface area is 118 Å². The number of hydrogen-bond donors (Lipinski definition) is 2. The second-order valence-electron chi connectivity index (χ2n) is 5.01. The van der Waals surface area contributed by atoms with Gasteiger partial charge in [0.15, 0.2) is 0 Å². The molecule has 1 aliphatic rings. The molecule has 0 radical (unpaired) electrons. The summed E-state index contributed by atoms with van der Waals surface area (Å²) in [6.45, 7) is 4.78. The molecule has 2 rings (SSSR count). The minimum absolute atomic E-state index is 0.182. The van der Waals surface area contributed by atoms with Gasteiger partial charge in [-0.1, -0.05) is 18.0 Å². The van der Waals surface area contributed by atoms with Gasteiger partial charge in [0.25, 0.3) is 5.91 Å². The van der Waals surface area contributed by atoms with E-state index in [-0.39, 0.29) is 11.9 Å². The van der Waals surface area contributed by atoms with Gasteiger partial charge in [0, 0.05) is 12.6 Å². The molecule has 5 heteroatoms. The molecule has 0 saturated heterocycles. The van der Waals surface area contributed by atoms with Crippen molar-refractivity contribution >= 4 is 23.3 Å². The molecule has 104 valence electrons. The Morgan fingerprint density at radius 3 is 2.84 bits per heavy atom. The van der Waals surface area contributed by atoms with Crippen LogP contribution in [0.4, 0.5) is 5.82 Å². The van der Waals surface area contributed by atoms with E-state index in [1.807, 2.05) is 13.8 Å². The first kappa shape index (κ1) is 14.1. The molecular formula is C14H20ClN3O. The third-order valence-electron chi connectivity index (χ3n) is 3.63. The van der Waals surface area contributed by atoms with E-state index >= 15 is 0 Å². The summed E-state index contributed by atoms with van der Waals surface area (Å²) >= 11 is 6.05. The molecule has 1 aromatic heterocycles. The summed E-state index contributed by atoms with van der Waals surface area (Å²) in [6.07, 6.45) is 3.65. The van der Waals surface area contributed by atoms with Gasteiger partial charge >= 0.3 is 0 Å². The Bertz CT molecular complexity index is 460. The van der Waals surface area contributed by atoms with Crippen molar-refractivity contribution in [1.29, 1.82) is 0 Å². The number of aromatic nitrogens is 1. The lowest BCUT2D eigenvalue weighted by Crippen LogP contribution is -2.41. The normalized spacial score (nSPS) is 16.6. The number of carbonyl (C=O) groups excluding carboxylic acids is 1. The van der Waals surface area contributed by atoms with E-state index in [2.05, 4.69) is 15.6 Å². The van der Waals surface area contributed by atoms with Gasteiger partial charge < -0.3 is 10.6 Å². The number of hydrogen-bond acceptors (Lipinski definition) is 3. The van der Waals surface area contributed by atoms with Gasteiger partial charge in [0.2, 0.25) is 0 Å². The minimum Gasteiger partial charge on any atom is -0.370 e. The Morgan fingerprint density at radius 2 is 2.26 bits per heavy atom. The molecule has 1 heterocycles. The van der Waals surface area contributed by atoms with Gasteiger partial charge in [-0.25, -0.2) is 4.98 Å². The molecule has 1 aliphatic carbocycles. The molecule has 1 unspecified atom stereocenters. The van der Waals surface area contributed by atoms with Crippen LogP contribution in [0, 0.1) is 5.92 Å². The van der Waals surface area contributed by atoms with Crippen molar-refractivity contribution in [2.45, 2.75) is 39.2 Å². The van der Waals surface area contributed by atoms with Gasteiger partial charge in [-0.05, 0) is 44.7 Å². The number of nitrogens with one attached hydrogen (secondary N) is 2. The summed E-state index contributed by atoms with van der Waals surface area (Å²) in [5, 5.41) is 6.46. The van der Waals surface area contributed by atoms with Crippen LogP contribution in [0.1, 0.15) is 43.6 Å². The lowest BCUT2D eigenvalue weighted by atomic mass is 9.80. The zero-order valence-electron chi connectivity index (χ0n) is 11.4. The van der Waals surface area contributed by atoms with Crippen LogP contribution in [0.2, 0.25) is 5.02 Å². The topological polar surface area (TPSA) is 54.0 Å². The Balaban J connectivity index is 2.06. The minimum atomic E-state index is -0.191. The number of nitrogens with zero attached hydrogens (tertiary/aromatic N) is 1. The molecule has 1 atom stereocenters. The molecule has 1 amide bonds. The second kappa shape index (κ2) is 6.24. The lowest BCUT2D eigenvalue weighted by Gasteiger charge is -2.31. The van der Waals surface area contributed by atoms with Crippen LogP contribution in [0.3, 0.4) is 0 Å². The summed E-state index contributed by atoms with van der Waals surface area (Å²) in [7, 11) is 0. The second-order valence-corrected chi connectivity index (χ2v) is 5.42. The first-order valence-corrected chi connectivity index (χ1v) is 7.21. The van der Waals surface area contributed by atoms with Crippen molar-refractivity contribution in [2.24, 2.45) is 5.92 Å². The fourth-order valence-corrected chi connectivity index (χ4v) is 2.40. The highest BCUT2D eigenvalue weighted by molar-refractivity contribution is 6.33. The molecule has 1 aromatic rings. The molecule has 0 aliphatic heterocycles. The SMILES string of the molecule is CCNc1ccc(Cl)c(C(=O)NC(C)C2CCC2)n1. The van der Waals surface area contributed by atoms with Gasteiger partial charge in [-0.15, -0.1) is 0 Å². The standard InChI is InChI=1S/C14H20ClN3O/c1-3-16-12-8-7-11(15)13(18-12)14(19)17-9(2)10-5-4-6-10/h7-10H,3-6H2,1-2H3,(H,16,18)(H,17,19). The van der Waals surface area contributed by atoms with Crippen LogP contribution < -0.4 is 10.6 Å². The Hall–Kier alpha value is -1.29. The summed E-state index contributed by atoms with van der Waals surface area (Å²) < 4.78 is 0. The molecule has 19 heavy (non-hydrogen) atoms. The molecule has 0 aromatic carbocycles. The van der Waals surface area contributed by atoms with Crippen LogP contribution in [0.15, 0.2) is 12.1 Å². The highest BCUT2D eigenvalue weighted by Crippen LogP contribution is 2.29. The summed E-state index contributed by atoms with van der Waals surface area (Å²) in [4.78, 5) is 16.5. The van der Waals surface area contributed by atoms with Gasteiger partial charge in [0.05, 0.1) is 5.02 Å². The summed E-state index contributed by atoms with van der Waals surface area (Å²) in [5.74, 6) is 1.08. The van der Waals surface area contributed by atoms with Gasteiger partial charge in [-0.2, -0.15) is 0 Å². The molecule has 0 spiro atoms. The number of anilines is 1. The number of pyridine rings is 1. The number of rotatable bonds is 5. The van der Waals surface area contributed by atoms with E-state index in [0.29, 0.717) is 22.5 Å². The highest BCUT2D eigenvalue weighted by atomic mass is 35.5. The maximum Gasteiger partial charge on any atom is 0.271 e. The van der Waals surface area contributed by atoms with E-state index in [0.717, 1.165) is 6.54 Å². The van der Waals surface area contributed by atoms with E-state index in [4.69, 9.17) is 11.6 Å². The number of halogens is 1. The number of amides is 1. The third kappa shape index (κ3) is 3.38. The molecule has 1 saturated carbocycles. The van der Waals surface area contributed by atoms with E-state index in [1.54, 1.807) is 12.1 Å². The predicted octanol–water partition coefficient (Wildman–Crippen LogP) is 3.09. The van der Waals surface area contributed by atoms with Crippen molar-refractivity contribution in [2.75, 3.05) is 11.9 Å². The van der Waals surface area contributed by atoms with E-state index in [9.17, 15) is 4.79 Å². The zero-order valence-corrected chi connectivity index (χ0v) is 12.1. The van der Waals surface area contributed by atoms with Crippen molar-refractivity contribution in [3.05, 3.63) is 22.8 Å². The van der Waals surface area contributed by atoms with Gasteiger partial charge in [0.1, 0.15) is 11.5 Å². The van der Waals surface area contributed by atoms with E-state index in [1.165, 1.54) is 19.3 Å². The molecule has 0 bridgehead atoms. The fourth-order valence-electron chi connectivity index (χ4n) is 2.21. The van der Waals surface area contributed by atoms with Crippen LogP contribution >= 0.6 is 11.6 Å². The van der Waals surface area contributed by atoms with E-state index < -0.39 is 0 Å². The van der Waals surface area contributed by atoms with Crippen LogP contribution in [0.25, 0.3) is 0 Å². The first-order chi connectivity index (χ1) is 9.11. The largest absolute Gasteiger partial charge is 0.370 e. The monoisotopic (exact) mass is 281 g/mol. The molecular weight excluding hydrogens is 262 g/mol. The maximum absolute atomic E-state index is 12.2. The quantitative estimate of drug-likeness (QED) is 0.872. The first-order valence-electron chi connectivity index (χ1n) is 6.83. The van der Waals surface area contributed by atoms with Crippen LogP contribution in [0.5, 0.6) is 0 Å². The Kier molecular flexibility index (Phi) is 4.64. The Morgan fingerprint density at radius 1 is 1.53 bits per heavy atom. The third-order valence-corrected chi connectivity index (χ3v) is 3.94. The van der Waals surface area contributed by atoms with Crippen molar-refractivity contribution in [3.8, 4) is 0 Å². The van der Waals surface area contributed by atoms with Crippen molar-refractivity contribution in [1.82, 2.24) is 10.3 Å². The molecule has 4 nitrogen and oxygen atoms in total. The highest BCUT2D eigenvalue weighted by Gasteiger charge is 2.26. The van der Waals surface area contributed by atoms with Crippen LogP contribution in [-0.2, 0) is 0 Å². The molecule has 2 N–H and O–H groups in total. The van der Waals surface area contributed by atoms with Crippen molar-refractivity contribution < 1.29 is 4.79 Å². The zero-order chi connectivity index (χ0) is 13.8. The predicted molar refractivity (Wildman–Crippen MR) is 77.7 cm³/mol. The van der Waals surface area contributed by atoms with Gasteiger partial charge in [-0.3, -0.25) is 4.79 Å².